The number of methoxy groups -OCH3 is 2. The molecule has 5 nitrogen and oxygen atoms in total. The minimum absolute atomic E-state index is 0.339. The molecule has 0 aromatic heterocycles. The third-order valence-electron chi connectivity index (χ3n) is 2.56. The lowest BCUT2D eigenvalue weighted by Gasteiger charge is -2.11. The highest BCUT2D eigenvalue weighted by Crippen LogP contribution is 2.32. The number of nitrogens with two attached hydrogens (primary N) is 1. The summed E-state index contributed by atoms with van der Waals surface area (Å²) in [6, 6.07) is 3.37. The monoisotopic (exact) mass is 265 g/mol. The van der Waals surface area contributed by atoms with Gasteiger partial charge in [-0.1, -0.05) is 0 Å². The number of rotatable bonds is 5. The highest BCUT2D eigenvalue weighted by molar-refractivity contribution is 5.94. The topological polar surface area (TPSA) is 70.8 Å². The van der Waals surface area contributed by atoms with E-state index in [1.54, 1.807) is 39.2 Å². The van der Waals surface area contributed by atoms with E-state index in [-0.39, 0.29) is 5.97 Å². The highest BCUT2D eigenvalue weighted by atomic mass is 16.5. The Balaban J connectivity index is 3.14. The Morgan fingerprint density at radius 2 is 1.84 bits per heavy atom. The number of nitrogen functional groups attached to an aromatic ring is 1. The summed E-state index contributed by atoms with van der Waals surface area (Å²) in [5.74, 6) is 0.738. The number of carbonyl (C=O) groups is 1. The summed E-state index contributed by atoms with van der Waals surface area (Å²) in [5.41, 5.74) is 7.57. The first kappa shape index (κ1) is 14.9. The molecule has 0 saturated heterocycles. The summed E-state index contributed by atoms with van der Waals surface area (Å²) in [4.78, 5) is 11.5. The Morgan fingerprint density at radius 3 is 2.37 bits per heavy atom. The number of hydrogen-bond acceptors (Lipinski definition) is 5. The van der Waals surface area contributed by atoms with Crippen LogP contribution in [-0.2, 0) is 9.53 Å². The molecule has 1 aromatic rings. The van der Waals surface area contributed by atoms with Gasteiger partial charge in [0.15, 0.2) is 11.5 Å². The van der Waals surface area contributed by atoms with Gasteiger partial charge in [0.25, 0.3) is 0 Å². The predicted octanol–water partition coefficient (Wildman–Crippen LogP) is 2.25. The van der Waals surface area contributed by atoms with Gasteiger partial charge < -0.3 is 19.9 Å². The van der Waals surface area contributed by atoms with Crippen LogP contribution in [0.1, 0.15) is 19.4 Å². The summed E-state index contributed by atoms with van der Waals surface area (Å²) < 4.78 is 15.3. The molecule has 0 radical (unpaired) electrons. The molecular formula is C14H19NO4. The van der Waals surface area contributed by atoms with Gasteiger partial charge in [-0.15, -0.1) is 0 Å². The van der Waals surface area contributed by atoms with E-state index in [9.17, 15) is 4.79 Å². The molecule has 104 valence electrons. The standard InChI is InChI=1S/C14H19NO4/c1-5-19-14(16)9(2)6-10-7-12(17-3)13(18-4)8-11(10)15/h6-8H,5,15H2,1-4H3/b9-6+. The van der Waals surface area contributed by atoms with Gasteiger partial charge >= 0.3 is 5.97 Å². The predicted molar refractivity (Wildman–Crippen MR) is 74.2 cm³/mol. The minimum atomic E-state index is -0.364. The molecule has 0 spiro atoms. The summed E-state index contributed by atoms with van der Waals surface area (Å²) in [6.07, 6.45) is 1.66. The van der Waals surface area contributed by atoms with Crippen LogP contribution in [0.15, 0.2) is 17.7 Å². The third-order valence-corrected chi connectivity index (χ3v) is 2.56. The SMILES string of the molecule is CCOC(=O)/C(C)=C/c1cc(OC)c(OC)cc1N. The normalized spacial score (nSPS) is 11.1. The lowest BCUT2D eigenvalue weighted by molar-refractivity contribution is -0.138. The molecular weight excluding hydrogens is 246 g/mol. The van der Waals surface area contributed by atoms with E-state index in [2.05, 4.69) is 0 Å². The fraction of sp³-hybridized carbons (Fsp3) is 0.357. The molecule has 0 amide bonds. The molecule has 0 aliphatic heterocycles. The molecule has 0 saturated carbocycles. The van der Waals surface area contributed by atoms with E-state index in [0.29, 0.717) is 34.9 Å². The second-order valence-electron chi connectivity index (χ2n) is 3.88. The van der Waals surface area contributed by atoms with Crippen molar-refractivity contribution in [3.8, 4) is 11.5 Å². The Labute approximate surface area is 113 Å². The molecule has 5 heteroatoms. The van der Waals surface area contributed by atoms with Crippen LogP contribution >= 0.6 is 0 Å². The van der Waals surface area contributed by atoms with Crippen LogP contribution in [0.25, 0.3) is 6.08 Å². The first-order valence-electron chi connectivity index (χ1n) is 5.90. The lowest BCUT2D eigenvalue weighted by atomic mass is 10.1. The summed E-state index contributed by atoms with van der Waals surface area (Å²) in [7, 11) is 3.08. The van der Waals surface area contributed by atoms with Gasteiger partial charge in [-0.3, -0.25) is 0 Å². The van der Waals surface area contributed by atoms with E-state index in [1.165, 1.54) is 7.11 Å². The van der Waals surface area contributed by atoms with Gasteiger partial charge in [0, 0.05) is 22.9 Å². The highest BCUT2D eigenvalue weighted by Gasteiger charge is 2.10. The van der Waals surface area contributed by atoms with Gasteiger partial charge in [-0.05, 0) is 26.0 Å². The second kappa shape index (κ2) is 6.68. The second-order valence-corrected chi connectivity index (χ2v) is 3.88. The van der Waals surface area contributed by atoms with Crippen molar-refractivity contribution in [2.45, 2.75) is 13.8 Å². The molecule has 0 aliphatic carbocycles. The zero-order valence-corrected chi connectivity index (χ0v) is 11.6. The summed E-state index contributed by atoms with van der Waals surface area (Å²) >= 11 is 0. The Morgan fingerprint density at radius 1 is 1.26 bits per heavy atom. The van der Waals surface area contributed by atoms with Gasteiger partial charge in [-0.25, -0.2) is 4.79 Å². The van der Waals surface area contributed by atoms with Gasteiger partial charge in [0.1, 0.15) is 0 Å². The van der Waals surface area contributed by atoms with Gasteiger partial charge in [-0.2, -0.15) is 0 Å². The number of anilines is 1. The van der Waals surface area contributed by atoms with E-state index in [1.807, 2.05) is 0 Å². The molecule has 1 aromatic carbocycles. The quantitative estimate of drug-likeness (QED) is 0.502. The number of carbonyl (C=O) groups excluding carboxylic acids is 1. The van der Waals surface area contributed by atoms with Crippen LogP contribution in [0.4, 0.5) is 5.69 Å². The average Bonchev–Trinajstić information content (AvgIpc) is 2.40. The molecule has 2 N–H and O–H groups in total. The van der Waals surface area contributed by atoms with Crippen LogP contribution in [0, 0.1) is 0 Å². The zero-order valence-electron chi connectivity index (χ0n) is 11.6. The molecule has 19 heavy (non-hydrogen) atoms. The van der Waals surface area contributed by atoms with Crippen molar-refractivity contribution in [2.24, 2.45) is 0 Å². The number of benzene rings is 1. The average molecular weight is 265 g/mol. The number of hydrogen-bond donors (Lipinski definition) is 1. The van der Waals surface area contributed by atoms with Crippen LogP contribution < -0.4 is 15.2 Å². The van der Waals surface area contributed by atoms with E-state index >= 15 is 0 Å². The van der Waals surface area contributed by atoms with E-state index in [4.69, 9.17) is 19.9 Å². The maximum Gasteiger partial charge on any atom is 0.333 e. The summed E-state index contributed by atoms with van der Waals surface area (Å²) in [6.45, 7) is 3.77. The van der Waals surface area contributed by atoms with Crippen LogP contribution in [0.3, 0.4) is 0 Å². The van der Waals surface area contributed by atoms with Crippen molar-refractivity contribution in [1.29, 1.82) is 0 Å². The van der Waals surface area contributed by atoms with Gasteiger partial charge in [0.05, 0.1) is 20.8 Å². The molecule has 0 heterocycles. The molecule has 0 bridgehead atoms. The summed E-state index contributed by atoms with van der Waals surface area (Å²) in [5, 5.41) is 0. The maximum absolute atomic E-state index is 11.5. The molecule has 1 rings (SSSR count). The van der Waals surface area contributed by atoms with E-state index in [0.717, 1.165) is 0 Å². The largest absolute Gasteiger partial charge is 0.493 e. The van der Waals surface area contributed by atoms with Crippen molar-refractivity contribution < 1.29 is 19.0 Å². The first-order valence-corrected chi connectivity index (χ1v) is 5.90. The van der Waals surface area contributed by atoms with Crippen molar-refractivity contribution in [3.63, 3.8) is 0 Å². The van der Waals surface area contributed by atoms with Crippen LogP contribution in [0.5, 0.6) is 11.5 Å². The van der Waals surface area contributed by atoms with E-state index < -0.39 is 0 Å². The van der Waals surface area contributed by atoms with Gasteiger partial charge in [0.2, 0.25) is 0 Å². The minimum Gasteiger partial charge on any atom is -0.493 e. The fourth-order valence-corrected chi connectivity index (χ4v) is 1.57. The van der Waals surface area contributed by atoms with Crippen LogP contribution in [-0.4, -0.2) is 26.8 Å². The van der Waals surface area contributed by atoms with Crippen LogP contribution in [0.2, 0.25) is 0 Å². The number of ether oxygens (including phenoxy) is 3. The lowest BCUT2D eigenvalue weighted by Crippen LogP contribution is -2.05. The number of esters is 1. The Kier molecular flexibility index (Phi) is 5.23. The Hall–Kier alpha value is -2.17. The molecule has 0 atom stereocenters. The maximum atomic E-state index is 11.5. The third kappa shape index (κ3) is 3.64. The van der Waals surface area contributed by atoms with Crippen molar-refractivity contribution in [1.82, 2.24) is 0 Å². The fourth-order valence-electron chi connectivity index (χ4n) is 1.57. The zero-order chi connectivity index (χ0) is 14.4. The van der Waals surface area contributed by atoms with Crippen molar-refractivity contribution >= 4 is 17.7 Å². The molecule has 0 unspecified atom stereocenters. The first-order chi connectivity index (χ1) is 9.03. The Bertz CT molecular complexity index is 494. The van der Waals surface area contributed by atoms with Crippen molar-refractivity contribution in [2.75, 3.05) is 26.6 Å². The van der Waals surface area contributed by atoms with Crippen molar-refractivity contribution in [3.05, 3.63) is 23.3 Å². The smallest absolute Gasteiger partial charge is 0.333 e. The molecule has 0 fully saturated rings. The molecule has 0 aliphatic rings.